The molecule has 1 heterocycles. The number of aryl methyl sites for hydroxylation is 1. The topological polar surface area (TPSA) is 150 Å². The fourth-order valence-corrected chi connectivity index (χ4v) is 3.57. The van der Waals surface area contributed by atoms with Gasteiger partial charge in [0, 0.05) is 12.2 Å². The molecule has 41 heavy (non-hydrogen) atoms. The van der Waals surface area contributed by atoms with Crippen molar-refractivity contribution in [2.75, 3.05) is 59.4 Å². The summed E-state index contributed by atoms with van der Waals surface area (Å²) >= 11 is 0. The van der Waals surface area contributed by atoms with E-state index >= 15 is 0 Å². The van der Waals surface area contributed by atoms with Gasteiger partial charge in [-0.3, -0.25) is 9.78 Å². The van der Waals surface area contributed by atoms with Crippen LogP contribution in [0.1, 0.15) is 42.8 Å². The van der Waals surface area contributed by atoms with Crippen molar-refractivity contribution < 1.29 is 28.6 Å². The average Bonchev–Trinajstić information content (AvgIpc) is 2.98. The third kappa shape index (κ3) is 14.4. The number of benzene rings is 1. The summed E-state index contributed by atoms with van der Waals surface area (Å²) in [6.07, 6.45) is 4.60. The van der Waals surface area contributed by atoms with Crippen LogP contribution in [0.4, 0.5) is 0 Å². The largest absolute Gasteiger partial charge is 0.488 e. The lowest BCUT2D eigenvalue weighted by Gasteiger charge is -2.19. The molecule has 0 aliphatic heterocycles. The number of nitrogens with two attached hydrogens (primary N) is 1. The van der Waals surface area contributed by atoms with Gasteiger partial charge in [-0.25, -0.2) is 0 Å². The zero-order valence-corrected chi connectivity index (χ0v) is 23.9. The highest BCUT2D eigenvalue weighted by atomic mass is 16.6. The molecule has 1 amide bonds. The Morgan fingerprint density at radius 2 is 1.73 bits per heavy atom. The maximum absolute atomic E-state index is 12.9. The SMILES string of the molecule is CCCC(NC(=O)/C(C#N)=C/c1cccc(C)n1)c1ccc(OC/C=N/OCCOCCOCCOCCN)cc1. The minimum absolute atomic E-state index is 0.00601. The molecule has 0 spiro atoms. The molecule has 2 rings (SSSR count). The van der Waals surface area contributed by atoms with Crippen LogP contribution >= 0.6 is 0 Å². The number of carbonyl (C=O) groups is 1. The minimum Gasteiger partial charge on any atom is -0.488 e. The molecule has 3 N–H and O–H groups in total. The summed E-state index contributed by atoms with van der Waals surface area (Å²) < 4.78 is 21.6. The third-order valence-corrected chi connectivity index (χ3v) is 5.53. The summed E-state index contributed by atoms with van der Waals surface area (Å²) in [7, 11) is 0. The number of ether oxygens (including phenoxy) is 4. The molecular weight excluding hydrogens is 526 g/mol. The normalized spacial score (nSPS) is 12.2. The summed E-state index contributed by atoms with van der Waals surface area (Å²) in [5.41, 5.74) is 7.63. The third-order valence-electron chi connectivity index (χ3n) is 5.53. The fraction of sp³-hybridized carbons (Fsp3) is 0.467. The molecule has 1 atom stereocenters. The monoisotopic (exact) mass is 567 g/mol. The van der Waals surface area contributed by atoms with E-state index in [4.69, 9.17) is 29.5 Å². The number of aromatic nitrogens is 1. The van der Waals surface area contributed by atoms with E-state index in [0.29, 0.717) is 64.2 Å². The van der Waals surface area contributed by atoms with Crippen LogP contribution in [-0.4, -0.2) is 76.5 Å². The predicted molar refractivity (Wildman–Crippen MR) is 156 cm³/mol. The molecule has 1 unspecified atom stereocenters. The Morgan fingerprint density at radius 3 is 2.37 bits per heavy atom. The summed E-state index contributed by atoms with van der Waals surface area (Å²) in [6, 6.07) is 14.6. The van der Waals surface area contributed by atoms with Gasteiger partial charge in [0.05, 0.1) is 57.6 Å². The number of pyridine rings is 1. The highest BCUT2D eigenvalue weighted by molar-refractivity contribution is 6.01. The molecule has 1 aromatic heterocycles. The van der Waals surface area contributed by atoms with Crippen molar-refractivity contribution in [2.24, 2.45) is 10.9 Å². The molecule has 0 aliphatic rings. The second-order valence-electron chi connectivity index (χ2n) is 8.82. The molecule has 0 fully saturated rings. The first-order valence-corrected chi connectivity index (χ1v) is 13.7. The van der Waals surface area contributed by atoms with Crippen molar-refractivity contribution in [1.82, 2.24) is 10.3 Å². The highest BCUT2D eigenvalue weighted by Gasteiger charge is 2.17. The molecular formula is C30H41N5O6. The van der Waals surface area contributed by atoms with E-state index in [-0.39, 0.29) is 18.2 Å². The Hall–Kier alpha value is -3.82. The maximum Gasteiger partial charge on any atom is 0.262 e. The van der Waals surface area contributed by atoms with E-state index in [1.807, 2.05) is 56.3 Å². The van der Waals surface area contributed by atoms with Crippen LogP contribution in [0.5, 0.6) is 5.75 Å². The Bertz CT molecular complexity index is 1120. The van der Waals surface area contributed by atoms with Crippen LogP contribution in [0, 0.1) is 18.3 Å². The van der Waals surface area contributed by atoms with Gasteiger partial charge in [0.1, 0.15) is 30.6 Å². The van der Waals surface area contributed by atoms with E-state index in [2.05, 4.69) is 15.5 Å². The first-order chi connectivity index (χ1) is 20.1. The number of carbonyl (C=O) groups excluding carboxylic acids is 1. The second kappa shape index (κ2) is 21.0. The van der Waals surface area contributed by atoms with Gasteiger partial charge < -0.3 is 34.8 Å². The van der Waals surface area contributed by atoms with Crippen LogP contribution in [0.3, 0.4) is 0 Å². The second-order valence-corrected chi connectivity index (χ2v) is 8.82. The predicted octanol–water partition coefficient (Wildman–Crippen LogP) is 3.34. The number of rotatable bonds is 21. The standard InChI is InChI=1S/C30H41N5O6/c1-3-5-29(35-30(36)26(23-32)22-27-7-4-6-24(2)34-27)25-8-10-28(11-9-25)40-15-13-33-41-21-20-39-19-18-38-17-16-37-14-12-31/h4,6-11,13,22,29H,3,5,12,14-21,31H2,1-2H3,(H,35,36)/b26-22+,33-13+. The van der Waals surface area contributed by atoms with Gasteiger partial charge in [0.2, 0.25) is 0 Å². The highest BCUT2D eigenvalue weighted by Crippen LogP contribution is 2.22. The van der Waals surface area contributed by atoms with Gasteiger partial charge in [0.15, 0.2) is 0 Å². The molecule has 1 aromatic carbocycles. The molecule has 2 aromatic rings. The van der Waals surface area contributed by atoms with Gasteiger partial charge >= 0.3 is 0 Å². The lowest BCUT2D eigenvalue weighted by Crippen LogP contribution is -2.29. The number of hydrogen-bond donors (Lipinski definition) is 2. The molecule has 222 valence electrons. The number of nitrogens with zero attached hydrogens (tertiary/aromatic N) is 3. The van der Waals surface area contributed by atoms with Crippen molar-refractivity contribution >= 4 is 18.2 Å². The molecule has 11 nitrogen and oxygen atoms in total. The molecule has 11 heteroatoms. The molecule has 0 saturated carbocycles. The minimum atomic E-state index is -0.436. The summed E-state index contributed by atoms with van der Waals surface area (Å²) in [6.45, 7) is 7.87. The lowest BCUT2D eigenvalue weighted by atomic mass is 10.0. The average molecular weight is 568 g/mol. The number of nitrogens with one attached hydrogen (secondary N) is 1. The van der Waals surface area contributed by atoms with Crippen molar-refractivity contribution in [1.29, 1.82) is 5.26 Å². The van der Waals surface area contributed by atoms with Crippen molar-refractivity contribution in [2.45, 2.75) is 32.7 Å². The van der Waals surface area contributed by atoms with E-state index in [1.165, 1.54) is 12.3 Å². The summed E-state index contributed by atoms with van der Waals surface area (Å²) in [5, 5.41) is 16.4. The van der Waals surface area contributed by atoms with E-state index in [1.54, 1.807) is 6.07 Å². The number of nitriles is 1. The lowest BCUT2D eigenvalue weighted by molar-refractivity contribution is -0.117. The van der Waals surface area contributed by atoms with Crippen LogP contribution < -0.4 is 15.8 Å². The zero-order valence-electron chi connectivity index (χ0n) is 23.9. The Kier molecular flexibility index (Phi) is 17.1. The van der Waals surface area contributed by atoms with Crippen LogP contribution in [0.15, 0.2) is 53.2 Å². The van der Waals surface area contributed by atoms with Gasteiger partial charge in [0.25, 0.3) is 5.91 Å². The van der Waals surface area contributed by atoms with E-state index in [0.717, 1.165) is 24.1 Å². The van der Waals surface area contributed by atoms with Gasteiger partial charge in [-0.1, -0.05) is 36.7 Å². The molecule has 0 saturated heterocycles. The van der Waals surface area contributed by atoms with Crippen molar-refractivity contribution in [3.8, 4) is 11.8 Å². The van der Waals surface area contributed by atoms with E-state index < -0.39 is 5.91 Å². The summed E-state index contributed by atoms with van der Waals surface area (Å²) in [4.78, 5) is 22.3. The first kappa shape index (κ1) is 33.4. The van der Waals surface area contributed by atoms with Crippen molar-refractivity contribution in [3.63, 3.8) is 0 Å². The van der Waals surface area contributed by atoms with Crippen LogP contribution in [0.2, 0.25) is 0 Å². The molecule has 0 bridgehead atoms. The fourth-order valence-electron chi connectivity index (χ4n) is 3.57. The molecule has 0 radical (unpaired) electrons. The number of oxime groups is 1. The number of hydrogen-bond acceptors (Lipinski definition) is 10. The van der Waals surface area contributed by atoms with Crippen LogP contribution in [-0.2, 0) is 23.8 Å². The van der Waals surface area contributed by atoms with Gasteiger partial charge in [-0.2, -0.15) is 5.26 Å². The Labute approximate surface area is 242 Å². The Morgan fingerprint density at radius 1 is 1.05 bits per heavy atom. The zero-order chi connectivity index (χ0) is 29.5. The molecule has 0 aliphatic carbocycles. The van der Waals surface area contributed by atoms with E-state index in [9.17, 15) is 10.1 Å². The quantitative estimate of drug-likeness (QED) is 0.0761. The first-order valence-electron chi connectivity index (χ1n) is 13.7. The van der Waals surface area contributed by atoms with Gasteiger partial charge in [-0.05, 0) is 49.2 Å². The smallest absolute Gasteiger partial charge is 0.262 e. The van der Waals surface area contributed by atoms with Gasteiger partial charge in [-0.15, -0.1) is 0 Å². The maximum atomic E-state index is 12.9. The van der Waals surface area contributed by atoms with Crippen LogP contribution in [0.25, 0.3) is 6.08 Å². The number of amides is 1. The summed E-state index contributed by atoms with van der Waals surface area (Å²) in [5.74, 6) is 0.218. The Balaban J connectivity index is 1.70. The van der Waals surface area contributed by atoms with Crippen molar-refractivity contribution in [3.05, 3.63) is 65.0 Å².